The Hall–Kier alpha value is -2.58. The average Bonchev–Trinajstić information content (AvgIpc) is 3.37. The lowest BCUT2D eigenvalue weighted by atomic mass is 9.96. The number of para-hydroxylation sites is 2. The molecule has 0 atom stereocenters. The minimum Gasteiger partial charge on any atom is -0.423 e. The summed E-state index contributed by atoms with van der Waals surface area (Å²) in [6.07, 6.45) is 3.58. The van der Waals surface area contributed by atoms with Gasteiger partial charge < -0.3 is 14.6 Å². The number of fused-ring (bicyclic) bond motifs is 2. The van der Waals surface area contributed by atoms with Crippen LogP contribution in [-0.2, 0) is 4.79 Å². The Morgan fingerprint density at radius 3 is 2.79 bits per heavy atom. The monoisotopic (exact) mass is 424 g/mol. The van der Waals surface area contributed by atoms with Crippen LogP contribution >= 0.6 is 23.1 Å². The van der Waals surface area contributed by atoms with E-state index in [-0.39, 0.29) is 11.8 Å². The maximum Gasteiger partial charge on any atom is 0.298 e. The summed E-state index contributed by atoms with van der Waals surface area (Å²) in [5, 5.41) is 3.08. The summed E-state index contributed by atoms with van der Waals surface area (Å²) in [5.74, 6) is 0.0747. The lowest BCUT2D eigenvalue weighted by Gasteiger charge is -2.30. The third kappa shape index (κ3) is 3.70. The Bertz CT molecular complexity index is 1140. The molecular weight excluding hydrogens is 404 g/mol. The van der Waals surface area contributed by atoms with Crippen LogP contribution in [0.1, 0.15) is 12.8 Å². The quantitative estimate of drug-likeness (QED) is 0.464. The molecule has 0 spiro atoms. The standard InChI is InChI=1S/C21H20N4O2S2/c1-28-21-24-16-7-6-14(12-18(16)29-21)22-19(26)13-8-10-25(11-9-13)20-23-15-4-2-3-5-17(15)27-20/h2-7,12-13H,8-11H2,1H3,(H,22,26). The molecule has 1 fully saturated rings. The summed E-state index contributed by atoms with van der Waals surface area (Å²) in [5.41, 5.74) is 3.47. The highest BCUT2D eigenvalue weighted by atomic mass is 32.2. The predicted molar refractivity (Wildman–Crippen MR) is 119 cm³/mol. The average molecular weight is 425 g/mol. The Morgan fingerprint density at radius 2 is 2.00 bits per heavy atom. The molecule has 1 aliphatic heterocycles. The Kier molecular flexibility index (Phi) is 4.89. The van der Waals surface area contributed by atoms with Gasteiger partial charge in [0.05, 0.1) is 10.2 Å². The molecule has 0 radical (unpaired) electrons. The first kappa shape index (κ1) is 18.4. The van der Waals surface area contributed by atoms with Gasteiger partial charge in [0.15, 0.2) is 9.92 Å². The van der Waals surface area contributed by atoms with Crippen molar-refractivity contribution in [2.45, 2.75) is 17.2 Å². The van der Waals surface area contributed by atoms with Crippen LogP contribution < -0.4 is 10.2 Å². The SMILES string of the molecule is CSc1nc2ccc(NC(=O)C3CCN(c4nc5ccccc5o4)CC3)cc2s1. The highest BCUT2D eigenvalue weighted by molar-refractivity contribution is 8.00. The second kappa shape index (κ2) is 7.68. The van der Waals surface area contributed by atoms with E-state index in [9.17, 15) is 4.79 Å². The molecule has 5 rings (SSSR count). The number of thiazole rings is 1. The number of anilines is 2. The van der Waals surface area contributed by atoms with Crippen molar-refractivity contribution in [1.29, 1.82) is 0 Å². The van der Waals surface area contributed by atoms with E-state index in [1.54, 1.807) is 23.1 Å². The zero-order chi connectivity index (χ0) is 19.8. The summed E-state index contributed by atoms with van der Waals surface area (Å²) in [6, 6.07) is 14.3. The maximum absolute atomic E-state index is 12.8. The topological polar surface area (TPSA) is 71.3 Å². The van der Waals surface area contributed by atoms with Crippen molar-refractivity contribution in [2.24, 2.45) is 5.92 Å². The van der Waals surface area contributed by atoms with Crippen LogP contribution in [-0.4, -0.2) is 35.2 Å². The molecular formula is C21H20N4O2S2. The number of carbonyl (C=O) groups excluding carboxylic acids is 1. The predicted octanol–water partition coefficient (Wildman–Crippen LogP) is 5.01. The summed E-state index contributed by atoms with van der Waals surface area (Å²) in [6.45, 7) is 1.52. The number of hydrogen-bond donors (Lipinski definition) is 1. The number of oxazole rings is 1. The van der Waals surface area contributed by atoms with E-state index in [4.69, 9.17) is 4.42 Å². The normalized spacial score (nSPS) is 15.3. The van der Waals surface area contributed by atoms with Gasteiger partial charge in [-0.2, -0.15) is 4.98 Å². The van der Waals surface area contributed by atoms with Gasteiger partial charge in [0, 0.05) is 24.7 Å². The molecule has 2 aromatic carbocycles. The summed E-state index contributed by atoms with van der Waals surface area (Å²) >= 11 is 3.29. The van der Waals surface area contributed by atoms with Crippen molar-refractivity contribution in [3.05, 3.63) is 42.5 Å². The van der Waals surface area contributed by atoms with Gasteiger partial charge in [0.2, 0.25) is 5.91 Å². The van der Waals surface area contributed by atoms with E-state index in [1.807, 2.05) is 48.7 Å². The third-order valence-electron chi connectivity index (χ3n) is 5.23. The first-order valence-electron chi connectivity index (χ1n) is 9.55. The number of aromatic nitrogens is 2. The third-order valence-corrected chi connectivity index (χ3v) is 7.23. The van der Waals surface area contributed by atoms with Crippen molar-refractivity contribution < 1.29 is 9.21 Å². The molecule has 4 aromatic rings. The van der Waals surface area contributed by atoms with Crippen LogP contribution in [0.4, 0.5) is 11.7 Å². The fourth-order valence-electron chi connectivity index (χ4n) is 3.64. The summed E-state index contributed by atoms with van der Waals surface area (Å²) in [4.78, 5) is 24.0. The fourth-order valence-corrected chi connectivity index (χ4v) is 5.17. The lowest BCUT2D eigenvalue weighted by Crippen LogP contribution is -2.38. The van der Waals surface area contributed by atoms with Crippen LogP contribution in [0.25, 0.3) is 21.3 Å². The number of nitrogens with one attached hydrogen (secondary N) is 1. The first-order valence-corrected chi connectivity index (χ1v) is 11.6. The molecule has 3 heterocycles. The van der Waals surface area contributed by atoms with Crippen LogP contribution in [0.2, 0.25) is 0 Å². The maximum atomic E-state index is 12.8. The number of piperidine rings is 1. The van der Waals surface area contributed by atoms with Gasteiger partial charge in [-0.05, 0) is 49.4 Å². The van der Waals surface area contributed by atoms with E-state index in [1.165, 1.54) is 0 Å². The first-order chi connectivity index (χ1) is 14.2. The number of nitrogens with zero attached hydrogens (tertiary/aromatic N) is 3. The van der Waals surface area contributed by atoms with Crippen LogP contribution in [0.15, 0.2) is 51.2 Å². The van der Waals surface area contributed by atoms with Crippen molar-refractivity contribution >= 4 is 62.0 Å². The number of hydrogen-bond acceptors (Lipinski definition) is 7. The second-order valence-electron chi connectivity index (χ2n) is 7.08. The Balaban J connectivity index is 1.23. The molecule has 0 aliphatic carbocycles. The van der Waals surface area contributed by atoms with E-state index in [2.05, 4.69) is 20.2 Å². The smallest absolute Gasteiger partial charge is 0.298 e. The van der Waals surface area contributed by atoms with Gasteiger partial charge in [-0.3, -0.25) is 4.79 Å². The molecule has 0 bridgehead atoms. The second-order valence-corrected chi connectivity index (χ2v) is 9.17. The van der Waals surface area contributed by atoms with Gasteiger partial charge in [0.25, 0.3) is 6.01 Å². The van der Waals surface area contributed by atoms with E-state index in [0.29, 0.717) is 6.01 Å². The summed E-state index contributed by atoms with van der Waals surface area (Å²) in [7, 11) is 0. The Morgan fingerprint density at radius 1 is 1.17 bits per heavy atom. The molecule has 8 heteroatoms. The van der Waals surface area contributed by atoms with Crippen LogP contribution in [0.3, 0.4) is 0 Å². The minimum atomic E-state index is -0.00505. The summed E-state index contributed by atoms with van der Waals surface area (Å²) < 4.78 is 7.99. The number of thioether (sulfide) groups is 1. The zero-order valence-corrected chi connectivity index (χ0v) is 17.6. The highest BCUT2D eigenvalue weighted by Gasteiger charge is 2.27. The van der Waals surface area contributed by atoms with Gasteiger partial charge in [-0.25, -0.2) is 4.98 Å². The van der Waals surface area contributed by atoms with Crippen molar-refractivity contribution in [2.75, 3.05) is 29.6 Å². The molecule has 1 saturated heterocycles. The van der Waals surface area contributed by atoms with Crippen molar-refractivity contribution in [1.82, 2.24) is 9.97 Å². The van der Waals surface area contributed by atoms with Crippen molar-refractivity contribution in [3.8, 4) is 0 Å². The molecule has 1 N–H and O–H groups in total. The molecule has 148 valence electrons. The highest BCUT2D eigenvalue weighted by Crippen LogP contribution is 2.31. The van der Waals surface area contributed by atoms with Crippen molar-refractivity contribution in [3.63, 3.8) is 0 Å². The minimum absolute atomic E-state index is 0.00505. The molecule has 2 aromatic heterocycles. The van der Waals surface area contributed by atoms with Gasteiger partial charge >= 0.3 is 0 Å². The van der Waals surface area contributed by atoms with Gasteiger partial charge in [-0.15, -0.1) is 11.3 Å². The van der Waals surface area contributed by atoms with Gasteiger partial charge in [-0.1, -0.05) is 23.9 Å². The van der Waals surface area contributed by atoms with E-state index >= 15 is 0 Å². The largest absolute Gasteiger partial charge is 0.423 e. The Labute approximate surface area is 176 Å². The molecule has 1 amide bonds. The molecule has 1 aliphatic rings. The number of benzene rings is 2. The molecule has 29 heavy (non-hydrogen) atoms. The molecule has 6 nitrogen and oxygen atoms in total. The number of rotatable bonds is 4. The van der Waals surface area contributed by atoms with Gasteiger partial charge in [0.1, 0.15) is 5.52 Å². The number of carbonyl (C=O) groups is 1. The lowest BCUT2D eigenvalue weighted by molar-refractivity contribution is -0.120. The fraction of sp³-hybridized carbons (Fsp3) is 0.286. The van der Waals surface area contributed by atoms with Crippen LogP contribution in [0.5, 0.6) is 0 Å². The molecule has 0 saturated carbocycles. The van der Waals surface area contributed by atoms with Crippen LogP contribution in [0, 0.1) is 5.92 Å². The van der Waals surface area contributed by atoms with E-state index in [0.717, 1.165) is 57.3 Å². The number of amides is 1. The zero-order valence-electron chi connectivity index (χ0n) is 15.9. The van der Waals surface area contributed by atoms with E-state index < -0.39 is 0 Å². The molecule has 0 unspecified atom stereocenters.